The number of urea groups is 1. The number of nitrogens with zero attached hydrogens (tertiary/aromatic N) is 1. The zero-order valence-electron chi connectivity index (χ0n) is 10.4. The van der Waals surface area contributed by atoms with Gasteiger partial charge in [0.2, 0.25) is 0 Å². The maximum Gasteiger partial charge on any atom is 0.319 e. The van der Waals surface area contributed by atoms with Crippen molar-refractivity contribution < 1.29 is 4.79 Å². The molecule has 0 aliphatic carbocycles. The molecular formula is C14H14IN3O. The molecule has 0 spiro atoms. The van der Waals surface area contributed by atoms with E-state index >= 15 is 0 Å². The van der Waals surface area contributed by atoms with Crippen molar-refractivity contribution in [2.75, 3.05) is 5.32 Å². The van der Waals surface area contributed by atoms with Gasteiger partial charge in [-0.1, -0.05) is 6.07 Å². The molecule has 5 heteroatoms. The minimum Gasteiger partial charge on any atom is -0.330 e. The van der Waals surface area contributed by atoms with Crippen molar-refractivity contribution >= 4 is 34.3 Å². The predicted molar refractivity (Wildman–Crippen MR) is 84.0 cm³/mol. The van der Waals surface area contributed by atoms with E-state index in [1.165, 1.54) is 0 Å². The summed E-state index contributed by atoms with van der Waals surface area (Å²) in [6.07, 6.45) is 1.71. The SMILES string of the molecule is CC(NC(=O)Nc1ccc(I)cc1)c1ccccn1. The van der Waals surface area contributed by atoms with Gasteiger partial charge in [0, 0.05) is 15.5 Å². The minimum atomic E-state index is -0.237. The summed E-state index contributed by atoms with van der Waals surface area (Å²) in [5, 5.41) is 5.63. The predicted octanol–water partition coefficient (Wildman–Crippen LogP) is 3.57. The van der Waals surface area contributed by atoms with E-state index in [9.17, 15) is 4.79 Å². The van der Waals surface area contributed by atoms with Gasteiger partial charge in [-0.05, 0) is 65.9 Å². The summed E-state index contributed by atoms with van der Waals surface area (Å²) in [4.78, 5) is 16.0. The Labute approximate surface area is 125 Å². The number of carbonyl (C=O) groups excluding carboxylic acids is 1. The van der Waals surface area contributed by atoms with Crippen LogP contribution in [0.25, 0.3) is 0 Å². The Morgan fingerprint density at radius 3 is 2.58 bits per heavy atom. The number of halogens is 1. The number of hydrogen-bond donors (Lipinski definition) is 2. The van der Waals surface area contributed by atoms with Crippen LogP contribution in [-0.2, 0) is 0 Å². The quantitative estimate of drug-likeness (QED) is 0.815. The summed E-state index contributed by atoms with van der Waals surface area (Å²) in [7, 11) is 0. The van der Waals surface area contributed by atoms with Crippen molar-refractivity contribution in [1.29, 1.82) is 0 Å². The van der Waals surface area contributed by atoms with E-state index < -0.39 is 0 Å². The van der Waals surface area contributed by atoms with Crippen molar-refractivity contribution in [3.8, 4) is 0 Å². The molecule has 4 nitrogen and oxygen atoms in total. The maximum atomic E-state index is 11.8. The zero-order chi connectivity index (χ0) is 13.7. The van der Waals surface area contributed by atoms with Crippen molar-refractivity contribution in [3.05, 3.63) is 57.9 Å². The van der Waals surface area contributed by atoms with Crippen molar-refractivity contribution in [2.24, 2.45) is 0 Å². The molecule has 19 heavy (non-hydrogen) atoms. The van der Waals surface area contributed by atoms with Crippen LogP contribution in [0.5, 0.6) is 0 Å². The molecule has 98 valence electrons. The largest absolute Gasteiger partial charge is 0.330 e. The molecule has 0 bridgehead atoms. The van der Waals surface area contributed by atoms with Gasteiger partial charge in [-0.25, -0.2) is 4.79 Å². The first-order valence-electron chi connectivity index (χ1n) is 5.89. The first-order valence-corrected chi connectivity index (χ1v) is 6.97. The lowest BCUT2D eigenvalue weighted by molar-refractivity contribution is 0.249. The highest BCUT2D eigenvalue weighted by molar-refractivity contribution is 14.1. The summed E-state index contributed by atoms with van der Waals surface area (Å²) >= 11 is 2.22. The van der Waals surface area contributed by atoms with Gasteiger partial charge in [0.05, 0.1) is 11.7 Å². The Morgan fingerprint density at radius 1 is 1.21 bits per heavy atom. The zero-order valence-corrected chi connectivity index (χ0v) is 12.6. The van der Waals surface area contributed by atoms with E-state index in [0.717, 1.165) is 15.0 Å². The molecule has 0 aliphatic heterocycles. The van der Waals surface area contributed by atoms with Gasteiger partial charge in [-0.2, -0.15) is 0 Å². The van der Waals surface area contributed by atoms with Crippen molar-refractivity contribution in [1.82, 2.24) is 10.3 Å². The normalized spacial score (nSPS) is 11.7. The molecule has 1 aromatic heterocycles. The van der Waals surface area contributed by atoms with Gasteiger partial charge in [-0.3, -0.25) is 4.98 Å². The molecule has 0 saturated carbocycles. The van der Waals surface area contributed by atoms with E-state index in [-0.39, 0.29) is 12.1 Å². The number of aromatic nitrogens is 1. The average molecular weight is 367 g/mol. The number of hydrogen-bond acceptors (Lipinski definition) is 2. The molecule has 0 aliphatic rings. The van der Waals surface area contributed by atoms with Crippen LogP contribution in [0.4, 0.5) is 10.5 Å². The monoisotopic (exact) mass is 367 g/mol. The fraction of sp³-hybridized carbons (Fsp3) is 0.143. The summed E-state index contributed by atoms with van der Waals surface area (Å²) in [5.74, 6) is 0. The number of rotatable bonds is 3. The summed E-state index contributed by atoms with van der Waals surface area (Å²) in [6.45, 7) is 1.90. The second kappa shape index (κ2) is 6.51. The molecule has 2 N–H and O–H groups in total. The van der Waals surface area contributed by atoms with Gasteiger partial charge in [-0.15, -0.1) is 0 Å². The molecule has 0 saturated heterocycles. The molecule has 1 unspecified atom stereocenters. The maximum absolute atomic E-state index is 11.8. The summed E-state index contributed by atoms with van der Waals surface area (Å²) in [5.41, 5.74) is 1.60. The molecule has 0 radical (unpaired) electrons. The first-order chi connectivity index (χ1) is 9.15. The average Bonchev–Trinajstić information content (AvgIpc) is 2.42. The number of pyridine rings is 1. The number of benzene rings is 1. The first kappa shape index (κ1) is 13.8. The molecule has 2 rings (SSSR count). The van der Waals surface area contributed by atoms with Crippen LogP contribution < -0.4 is 10.6 Å². The van der Waals surface area contributed by atoms with E-state index in [2.05, 4.69) is 38.2 Å². The topological polar surface area (TPSA) is 54.0 Å². The highest BCUT2D eigenvalue weighted by Gasteiger charge is 2.09. The lowest BCUT2D eigenvalue weighted by Gasteiger charge is -2.14. The van der Waals surface area contributed by atoms with Gasteiger partial charge in [0.25, 0.3) is 0 Å². The van der Waals surface area contributed by atoms with Crippen LogP contribution in [0, 0.1) is 3.57 Å². The molecule has 2 aromatic rings. The van der Waals surface area contributed by atoms with Gasteiger partial charge >= 0.3 is 6.03 Å². The third kappa shape index (κ3) is 4.20. The Bertz CT molecular complexity index is 542. The lowest BCUT2D eigenvalue weighted by Crippen LogP contribution is -2.31. The molecule has 2 amide bonds. The van der Waals surface area contributed by atoms with Crippen molar-refractivity contribution in [2.45, 2.75) is 13.0 Å². The molecule has 1 atom stereocenters. The van der Waals surface area contributed by atoms with E-state index in [0.29, 0.717) is 0 Å². The van der Waals surface area contributed by atoms with E-state index in [4.69, 9.17) is 0 Å². The standard InChI is InChI=1S/C14H14IN3O/c1-10(13-4-2-3-9-16-13)17-14(19)18-12-7-5-11(15)6-8-12/h2-10H,1H3,(H2,17,18,19). The number of nitrogens with one attached hydrogen (secondary N) is 2. The van der Waals surface area contributed by atoms with Crippen LogP contribution in [0.15, 0.2) is 48.7 Å². The van der Waals surface area contributed by atoms with Crippen LogP contribution >= 0.6 is 22.6 Å². The molecule has 1 aromatic carbocycles. The van der Waals surface area contributed by atoms with Crippen LogP contribution in [0.1, 0.15) is 18.7 Å². The summed E-state index contributed by atoms with van der Waals surface area (Å²) in [6, 6.07) is 12.9. The van der Waals surface area contributed by atoms with Crippen molar-refractivity contribution in [3.63, 3.8) is 0 Å². The third-order valence-corrected chi connectivity index (χ3v) is 3.30. The van der Waals surface area contributed by atoms with Gasteiger partial charge in [0.1, 0.15) is 0 Å². The summed E-state index contributed by atoms with van der Waals surface area (Å²) < 4.78 is 1.13. The number of amides is 2. The highest BCUT2D eigenvalue weighted by Crippen LogP contribution is 2.12. The van der Waals surface area contributed by atoms with E-state index in [1.54, 1.807) is 6.20 Å². The Hall–Kier alpha value is -1.63. The Morgan fingerprint density at radius 2 is 1.95 bits per heavy atom. The fourth-order valence-corrected chi connectivity index (χ4v) is 1.96. The lowest BCUT2D eigenvalue weighted by atomic mass is 10.2. The minimum absolute atomic E-state index is 0.134. The van der Waals surface area contributed by atoms with Crippen LogP contribution in [0.2, 0.25) is 0 Å². The van der Waals surface area contributed by atoms with Crippen LogP contribution in [0.3, 0.4) is 0 Å². The third-order valence-electron chi connectivity index (χ3n) is 2.58. The Kier molecular flexibility index (Phi) is 4.73. The molecule has 1 heterocycles. The second-order valence-corrected chi connectivity index (χ2v) is 5.33. The smallest absolute Gasteiger partial charge is 0.319 e. The molecule has 0 fully saturated rings. The van der Waals surface area contributed by atoms with Gasteiger partial charge < -0.3 is 10.6 Å². The van der Waals surface area contributed by atoms with E-state index in [1.807, 2.05) is 49.4 Å². The molecular weight excluding hydrogens is 353 g/mol. The second-order valence-electron chi connectivity index (χ2n) is 4.08. The highest BCUT2D eigenvalue weighted by atomic mass is 127. The fourth-order valence-electron chi connectivity index (χ4n) is 1.60. The number of anilines is 1. The van der Waals surface area contributed by atoms with Crippen LogP contribution in [-0.4, -0.2) is 11.0 Å². The Balaban J connectivity index is 1.93. The van der Waals surface area contributed by atoms with Gasteiger partial charge in [0.15, 0.2) is 0 Å². The number of carbonyl (C=O) groups is 1.